The van der Waals surface area contributed by atoms with Gasteiger partial charge in [0.15, 0.2) is 9.84 Å². The SMILES string of the molecule is CCC(C)(C)NC(=O)CS(=O)(=O)c1cc(OC)ccc1N. The van der Waals surface area contributed by atoms with Crippen LogP contribution in [0.1, 0.15) is 27.2 Å². The molecule has 0 saturated heterocycles. The average molecular weight is 314 g/mol. The Morgan fingerprint density at radius 3 is 2.52 bits per heavy atom. The Labute approximate surface area is 125 Å². The molecule has 6 nitrogen and oxygen atoms in total. The Morgan fingerprint density at radius 2 is 2.00 bits per heavy atom. The van der Waals surface area contributed by atoms with Gasteiger partial charge in [-0.25, -0.2) is 8.42 Å². The summed E-state index contributed by atoms with van der Waals surface area (Å²) >= 11 is 0. The molecule has 0 spiro atoms. The number of rotatable bonds is 6. The molecule has 1 aromatic carbocycles. The molecular weight excluding hydrogens is 292 g/mol. The summed E-state index contributed by atoms with van der Waals surface area (Å²) in [5, 5.41) is 2.69. The molecule has 0 bridgehead atoms. The molecule has 7 heteroatoms. The quantitative estimate of drug-likeness (QED) is 0.772. The molecule has 0 aliphatic heterocycles. The van der Waals surface area contributed by atoms with Crippen LogP contribution >= 0.6 is 0 Å². The number of carbonyl (C=O) groups excluding carboxylic acids is 1. The van der Waals surface area contributed by atoms with Gasteiger partial charge in [0.25, 0.3) is 0 Å². The van der Waals surface area contributed by atoms with Crippen molar-refractivity contribution >= 4 is 21.4 Å². The molecule has 118 valence electrons. The van der Waals surface area contributed by atoms with E-state index in [0.29, 0.717) is 12.2 Å². The zero-order valence-electron chi connectivity index (χ0n) is 12.8. The summed E-state index contributed by atoms with van der Waals surface area (Å²) in [5.41, 5.74) is 5.34. The molecule has 3 N–H and O–H groups in total. The minimum atomic E-state index is -3.82. The third-order valence-corrected chi connectivity index (χ3v) is 4.90. The number of hydrogen-bond acceptors (Lipinski definition) is 5. The zero-order chi connectivity index (χ0) is 16.3. The molecular formula is C14H22N2O4S. The Balaban J connectivity index is 2.99. The van der Waals surface area contributed by atoms with E-state index in [1.165, 1.54) is 19.2 Å². The van der Waals surface area contributed by atoms with E-state index in [1.54, 1.807) is 6.07 Å². The summed E-state index contributed by atoms with van der Waals surface area (Å²) in [6, 6.07) is 4.33. The summed E-state index contributed by atoms with van der Waals surface area (Å²) in [7, 11) is -2.39. The van der Waals surface area contributed by atoms with Gasteiger partial charge in [0, 0.05) is 11.6 Å². The van der Waals surface area contributed by atoms with Crippen molar-refractivity contribution in [2.24, 2.45) is 0 Å². The van der Waals surface area contributed by atoms with Crippen molar-refractivity contribution < 1.29 is 17.9 Å². The number of carbonyl (C=O) groups is 1. The predicted molar refractivity (Wildman–Crippen MR) is 82.0 cm³/mol. The van der Waals surface area contributed by atoms with Crippen molar-refractivity contribution in [3.8, 4) is 5.75 Å². The lowest BCUT2D eigenvalue weighted by Crippen LogP contribution is -2.45. The highest BCUT2D eigenvalue weighted by Crippen LogP contribution is 2.25. The van der Waals surface area contributed by atoms with Crippen molar-refractivity contribution in [1.29, 1.82) is 0 Å². The van der Waals surface area contributed by atoms with Crippen molar-refractivity contribution in [2.75, 3.05) is 18.6 Å². The Hall–Kier alpha value is -1.76. The van der Waals surface area contributed by atoms with E-state index in [1.807, 2.05) is 20.8 Å². The number of nitrogen functional groups attached to an aromatic ring is 1. The van der Waals surface area contributed by atoms with Crippen LogP contribution in [0.5, 0.6) is 5.75 Å². The van der Waals surface area contributed by atoms with Crippen molar-refractivity contribution in [3.05, 3.63) is 18.2 Å². The van der Waals surface area contributed by atoms with Gasteiger partial charge in [0.1, 0.15) is 11.5 Å². The van der Waals surface area contributed by atoms with Gasteiger partial charge < -0.3 is 15.8 Å². The van der Waals surface area contributed by atoms with Crippen LogP contribution in [-0.2, 0) is 14.6 Å². The highest BCUT2D eigenvalue weighted by molar-refractivity contribution is 7.92. The molecule has 1 rings (SSSR count). The lowest BCUT2D eigenvalue weighted by Gasteiger charge is -2.24. The minimum Gasteiger partial charge on any atom is -0.497 e. The van der Waals surface area contributed by atoms with Crippen LogP contribution < -0.4 is 15.8 Å². The zero-order valence-corrected chi connectivity index (χ0v) is 13.6. The van der Waals surface area contributed by atoms with Gasteiger partial charge in [-0.1, -0.05) is 6.92 Å². The first kappa shape index (κ1) is 17.3. The monoisotopic (exact) mass is 314 g/mol. The first-order valence-electron chi connectivity index (χ1n) is 6.58. The van der Waals surface area contributed by atoms with E-state index in [2.05, 4.69) is 5.32 Å². The molecule has 0 aliphatic rings. The predicted octanol–water partition coefficient (Wildman–Crippen LogP) is 1.36. The smallest absolute Gasteiger partial charge is 0.235 e. The molecule has 0 unspecified atom stereocenters. The maximum Gasteiger partial charge on any atom is 0.235 e. The van der Waals surface area contributed by atoms with Crippen LogP contribution in [0.2, 0.25) is 0 Å². The first-order chi connectivity index (χ1) is 9.61. The number of amides is 1. The largest absolute Gasteiger partial charge is 0.497 e. The maximum atomic E-state index is 12.3. The van der Waals surface area contributed by atoms with Crippen LogP contribution in [-0.4, -0.2) is 32.7 Å². The molecule has 0 radical (unpaired) electrons. The average Bonchev–Trinajstić information content (AvgIpc) is 2.37. The van der Waals surface area contributed by atoms with Gasteiger partial charge in [-0.2, -0.15) is 0 Å². The molecule has 0 fully saturated rings. The minimum absolute atomic E-state index is 0.0914. The van der Waals surface area contributed by atoms with Crippen LogP contribution in [0.25, 0.3) is 0 Å². The van der Waals surface area contributed by atoms with Crippen LogP contribution in [0.15, 0.2) is 23.1 Å². The van der Waals surface area contributed by atoms with Gasteiger partial charge in [-0.15, -0.1) is 0 Å². The topological polar surface area (TPSA) is 98.5 Å². The van der Waals surface area contributed by atoms with E-state index in [0.717, 1.165) is 0 Å². The Bertz CT molecular complexity index is 624. The van der Waals surface area contributed by atoms with E-state index in [9.17, 15) is 13.2 Å². The van der Waals surface area contributed by atoms with Crippen LogP contribution in [0.4, 0.5) is 5.69 Å². The summed E-state index contributed by atoms with van der Waals surface area (Å²) in [6.07, 6.45) is 0.695. The molecule has 0 atom stereocenters. The van der Waals surface area contributed by atoms with Gasteiger partial charge >= 0.3 is 0 Å². The number of anilines is 1. The molecule has 1 aromatic rings. The van der Waals surface area contributed by atoms with Crippen LogP contribution in [0, 0.1) is 0 Å². The molecule has 0 aromatic heterocycles. The van der Waals surface area contributed by atoms with Crippen molar-refractivity contribution in [3.63, 3.8) is 0 Å². The highest BCUT2D eigenvalue weighted by Gasteiger charge is 2.25. The second-order valence-electron chi connectivity index (χ2n) is 5.45. The summed E-state index contributed by atoms with van der Waals surface area (Å²) < 4.78 is 29.6. The van der Waals surface area contributed by atoms with Crippen molar-refractivity contribution in [2.45, 2.75) is 37.6 Å². The van der Waals surface area contributed by atoms with Crippen LogP contribution in [0.3, 0.4) is 0 Å². The fourth-order valence-electron chi connectivity index (χ4n) is 1.66. The number of methoxy groups -OCH3 is 1. The van der Waals surface area contributed by atoms with E-state index in [-0.39, 0.29) is 10.6 Å². The highest BCUT2D eigenvalue weighted by atomic mass is 32.2. The number of ether oxygens (including phenoxy) is 1. The molecule has 0 heterocycles. The number of nitrogens with one attached hydrogen (secondary N) is 1. The van der Waals surface area contributed by atoms with Gasteiger partial charge in [-0.05, 0) is 32.4 Å². The number of sulfone groups is 1. The third-order valence-electron chi connectivity index (χ3n) is 3.24. The third kappa shape index (κ3) is 4.63. The number of benzene rings is 1. The molecule has 0 saturated carbocycles. The van der Waals surface area contributed by atoms with Gasteiger partial charge in [0.05, 0.1) is 17.7 Å². The van der Waals surface area contributed by atoms with E-state index in [4.69, 9.17) is 10.5 Å². The summed E-state index contributed by atoms with van der Waals surface area (Å²) in [5.74, 6) is -0.825. The lowest BCUT2D eigenvalue weighted by molar-refractivity contribution is -0.120. The molecule has 1 amide bonds. The lowest BCUT2D eigenvalue weighted by atomic mass is 10.0. The second-order valence-corrected chi connectivity index (χ2v) is 7.41. The molecule has 0 aliphatic carbocycles. The fourth-order valence-corrected chi connectivity index (χ4v) is 2.96. The van der Waals surface area contributed by atoms with Gasteiger partial charge in [0.2, 0.25) is 5.91 Å². The fraction of sp³-hybridized carbons (Fsp3) is 0.500. The maximum absolute atomic E-state index is 12.3. The van der Waals surface area contributed by atoms with E-state index < -0.39 is 27.0 Å². The van der Waals surface area contributed by atoms with E-state index >= 15 is 0 Å². The first-order valence-corrected chi connectivity index (χ1v) is 8.24. The summed E-state index contributed by atoms with van der Waals surface area (Å²) in [4.78, 5) is 11.8. The van der Waals surface area contributed by atoms with Gasteiger partial charge in [-0.3, -0.25) is 4.79 Å². The number of nitrogens with two attached hydrogens (primary N) is 1. The normalized spacial score (nSPS) is 12.0. The van der Waals surface area contributed by atoms with Crippen molar-refractivity contribution in [1.82, 2.24) is 5.32 Å². The standard InChI is InChI=1S/C14H22N2O4S/c1-5-14(2,3)16-13(17)9-21(18,19)12-8-10(20-4)6-7-11(12)15/h6-8H,5,9,15H2,1-4H3,(H,16,17). The second kappa shape index (κ2) is 6.34. The number of hydrogen-bond donors (Lipinski definition) is 2. The Kier molecular flexibility index (Phi) is 5.22. The molecule has 21 heavy (non-hydrogen) atoms. The summed E-state index contributed by atoms with van der Waals surface area (Å²) in [6.45, 7) is 5.57. The Morgan fingerprint density at radius 1 is 1.38 bits per heavy atom.